The average Bonchev–Trinajstić information content (AvgIpc) is 3.09. The van der Waals surface area contributed by atoms with Crippen molar-refractivity contribution in [2.75, 3.05) is 36.3 Å². The second-order valence-corrected chi connectivity index (χ2v) is 6.30. The highest BCUT2D eigenvalue weighted by molar-refractivity contribution is 6.02. The van der Waals surface area contributed by atoms with Gasteiger partial charge in [0.2, 0.25) is 5.91 Å². The highest BCUT2D eigenvalue weighted by Gasteiger charge is 2.23. The summed E-state index contributed by atoms with van der Waals surface area (Å²) < 4.78 is 10.4. The van der Waals surface area contributed by atoms with Crippen LogP contribution in [-0.2, 0) is 4.79 Å². The third kappa shape index (κ3) is 4.13. The zero-order valence-corrected chi connectivity index (χ0v) is 15.7. The lowest BCUT2D eigenvalue weighted by atomic mass is 10.1. The fourth-order valence-corrected chi connectivity index (χ4v) is 3.07. The van der Waals surface area contributed by atoms with Crippen LogP contribution in [0.1, 0.15) is 18.4 Å². The van der Waals surface area contributed by atoms with Crippen LogP contribution in [0.15, 0.2) is 36.4 Å². The molecule has 2 aromatic carbocycles. The predicted octanol–water partition coefficient (Wildman–Crippen LogP) is 3.78. The van der Waals surface area contributed by atoms with Gasteiger partial charge in [-0.1, -0.05) is 6.07 Å². The monoisotopic (exact) mass is 369 g/mol. The first-order valence-electron chi connectivity index (χ1n) is 8.73. The van der Waals surface area contributed by atoms with Crippen LogP contribution in [0.4, 0.5) is 21.9 Å². The van der Waals surface area contributed by atoms with Crippen LogP contribution in [0, 0.1) is 6.92 Å². The molecule has 2 aromatic rings. The molecule has 0 aliphatic carbocycles. The Kier molecular flexibility index (Phi) is 5.49. The molecule has 0 saturated carbocycles. The first-order chi connectivity index (χ1) is 13.0. The Morgan fingerprint density at radius 2 is 1.89 bits per heavy atom. The minimum absolute atomic E-state index is 0.114. The SMILES string of the molecule is COc1ccc(NC(=O)Nc2ccc(C)c(N3CCCC3=O)c2)c(OC)c1. The smallest absolute Gasteiger partial charge is 0.323 e. The lowest BCUT2D eigenvalue weighted by Crippen LogP contribution is -2.25. The number of carbonyl (C=O) groups excluding carboxylic acids is 2. The van der Waals surface area contributed by atoms with Crippen molar-refractivity contribution in [3.8, 4) is 11.5 Å². The summed E-state index contributed by atoms with van der Waals surface area (Å²) in [5.41, 5.74) is 2.96. The quantitative estimate of drug-likeness (QED) is 0.840. The molecule has 1 aliphatic heterocycles. The normalized spacial score (nSPS) is 13.4. The van der Waals surface area contributed by atoms with E-state index in [0.29, 0.717) is 35.8 Å². The molecule has 7 heteroatoms. The Morgan fingerprint density at radius 1 is 1.07 bits per heavy atom. The number of amides is 3. The molecule has 27 heavy (non-hydrogen) atoms. The van der Waals surface area contributed by atoms with Gasteiger partial charge in [-0.05, 0) is 43.2 Å². The summed E-state index contributed by atoms with van der Waals surface area (Å²) in [4.78, 5) is 26.2. The van der Waals surface area contributed by atoms with E-state index in [0.717, 1.165) is 17.7 Å². The number of rotatable bonds is 5. The Morgan fingerprint density at radius 3 is 2.56 bits per heavy atom. The van der Waals surface area contributed by atoms with Gasteiger partial charge in [0.1, 0.15) is 11.5 Å². The zero-order valence-electron chi connectivity index (χ0n) is 15.7. The molecule has 0 bridgehead atoms. The maximum absolute atomic E-state index is 12.4. The molecule has 7 nitrogen and oxygen atoms in total. The minimum atomic E-state index is -0.402. The molecule has 0 unspecified atom stereocenters. The molecule has 2 N–H and O–H groups in total. The maximum Gasteiger partial charge on any atom is 0.323 e. The number of carbonyl (C=O) groups is 2. The van der Waals surface area contributed by atoms with Gasteiger partial charge in [-0.3, -0.25) is 4.79 Å². The molecule has 0 atom stereocenters. The largest absolute Gasteiger partial charge is 0.497 e. The number of nitrogens with one attached hydrogen (secondary N) is 2. The number of urea groups is 1. The summed E-state index contributed by atoms with van der Waals surface area (Å²) in [6, 6.07) is 10.3. The van der Waals surface area contributed by atoms with E-state index in [2.05, 4.69) is 10.6 Å². The van der Waals surface area contributed by atoms with Gasteiger partial charge in [0.15, 0.2) is 0 Å². The van der Waals surface area contributed by atoms with E-state index in [1.54, 1.807) is 30.2 Å². The van der Waals surface area contributed by atoms with E-state index in [-0.39, 0.29) is 5.91 Å². The number of nitrogens with zero attached hydrogens (tertiary/aromatic N) is 1. The lowest BCUT2D eigenvalue weighted by molar-refractivity contribution is -0.117. The van der Waals surface area contributed by atoms with Crippen molar-refractivity contribution >= 4 is 29.0 Å². The highest BCUT2D eigenvalue weighted by Crippen LogP contribution is 2.30. The average molecular weight is 369 g/mol. The molecular formula is C20H23N3O4. The van der Waals surface area contributed by atoms with Crippen molar-refractivity contribution in [1.82, 2.24) is 0 Å². The lowest BCUT2D eigenvalue weighted by Gasteiger charge is -2.19. The summed E-state index contributed by atoms with van der Waals surface area (Å²) in [5.74, 6) is 1.25. The summed E-state index contributed by atoms with van der Waals surface area (Å²) in [5, 5.41) is 5.56. The van der Waals surface area contributed by atoms with E-state index in [4.69, 9.17) is 9.47 Å². The molecule has 1 fully saturated rings. The molecule has 3 rings (SSSR count). The summed E-state index contributed by atoms with van der Waals surface area (Å²) in [6.45, 7) is 2.66. The zero-order chi connectivity index (χ0) is 19.4. The maximum atomic E-state index is 12.4. The van der Waals surface area contributed by atoms with Gasteiger partial charge in [0, 0.05) is 30.4 Å². The molecular weight excluding hydrogens is 346 g/mol. The number of methoxy groups -OCH3 is 2. The van der Waals surface area contributed by atoms with Crippen molar-refractivity contribution in [2.45, 2.75) is 19.8 Å². The second-order valence-electron chi connectivity index (χ2n) is 6.30. The number of benzene rings is 2. The van der Waals surface area contributed by atoms with Crippen LogP contribution in [0.5, 0.6) is 11.5 Å². The van der Waals surface area contributed by atoms with Crippen LogP contribution in [0.2, 0.25) is 0 Å². The highest BCUT2D eigenvalue weighted by atomic mass is 16.5. The van der Waals surface area contributed by atoms with E-state index < -0.39 is 6.03 Å². The molecule has 3 amide bonds. The molecule has 1 heterocycles. The summed E-state index contributed by atoms with van der Waals surface area (Å²) in [7, 11) is 3.09. The van der Waals surface area contributed by atoms with E-state index >= 15 is 0 Å². The number of aryl methyl sites for hydroxylation is 1. The molecule has 142 valence electrons. The molecule has 1 saturated heterocycles. The predicted molar refractivity (Wildman–Crippen MR) is 105 cm³/mol. The van der Waals surface area contributed by atoms with Crippen LogP contribution in [0.25, 0.3) is 0 Å². The molecule has 0 aromatic heterocycles. The topological polar surface area (TPSA) is 79.9 Å². The van der Waals surface area contributed by atoms with E-state index in [9.17, 15) is 9.59 Å². The second kappa shape index (κ2) is 7.99. The van der Waals surface area contributed by atoms with Crippen LogP contribution >= 0.6 is 0 Å². The van der Waals surface area contributed by atoms with Gasteiger partial charge in [-0.25, -0.2) is 4.79 Å². The van der Waals surface area contributed by atoms with Crippen LogP contribution in [0.3, 0.4) is 0 Å². The fourth-order valence-electron chi connectivity index (χ4n) is 3.07. The molecule has 0 radical (unpaired) electrons. The minimum Gasteiger partial charge on any atom is -0.497 e. The number of ether oxygens (including phenoxy) is 2. The third-order valence-electron chi connectivity index (χ3n) is 4.49. The Bertz CT molecular complexity index is 866. The number of anilines is 3. The molecule has 1 aliphatic rings. The van der Waals surface area contributed by atoms with E-state index in [1.165, 1.54) is 7.11 Å². The van der Waals surface area contributed by atoms with Gasteiger partial charge in [0.05, 0.1) is 19.9 Å². The van der Waals surface area contributed by atoms with Gasteiger partial charge in [-0.15, -0.1) is 0 Å². The Balaban J connectivity index is 1.74. The van der Waals surface area contributed by atoms with Crippen molar-refractivity contribution in [2.24, 2.45) is 0 Å². The Hall–Kier alpha value is -3.22. The first kappa shape index (κ1) is 18.6. The van der Waals surface area contributed by atoms with Gasteiger partial charge >= 0.3 is 6.03 Å². The van der Waals surface area contributed by atoms with Crippen molar-refractivity contribution < 1.29 is 19.1 Å². The van der Waals surface area contributed by atoms with Gasteiger partial charge in [0.25, 0.3) is 0 Å². The van der Waals surface area contributed by atoms with Crippen LogP contribution < -0.4 is 25.0 Å². The first-order valence-corrected chi connectivity index (χ1v) is 8.73. The van der Waals surface area contributed by atoms with Crippen molar-refractivity contribution in [1.29, 1.82) is 0 Å². The summed E-state index contributed by atoms with van der Waals surface area (Å²) in [6.07, 6.45) is 1.42. The van der Waals surface area contributed by atoms with Crippen molar-refractivity contribution in [3.05, 3.63) is 42.0 Å². The van der Waals surface area contributed by atoms with Gasteiger partial charge < -0.3 is 25.0 Å². The molecule has 0 spiro atoms. The summed E-state index contributed by atoms with van der Waals surface area (Å²) >= 11 is 0. The third-order valence-corrected chi connectivity index (χ3v) is 4.49. The van der Waals surface area contributed by atoms with E-state index in [1.807, 2.05) is 25.1 Å². The van der Waals surface area contributed by atoms with Gasteiger partial charge in [-0.2, -0.15) is 0 Å². The Labute approximate surface area is 158 Å². The number of hydrogen-bond acceptors (Lipinski definition) is 4. The van der Waals surface area contributed by atoms with Crippen molar-refractivity contribution in [3.63, 3.8) is 0 Å². The standard InChI is InChI=1S/C20H23N3O4/c1-13-6-7-14(11-17(13)23-10-4-5-19(23)24)21-20(25)22-16-9-8-15(26-2)12-18(16)27-3/h6-9,11-12H,4-5,10H2,1-3H3,(H2,21,22,25). The van der Waals surface area contributed by atoms with Crippen LogP contribution in [-0.4, -0.2) is 32.7 Å². The number of hydrogen-bond donors (Lipinski definition) is 2. The fraction of sp³-hybridized carbons (Fsp3) is 0.300.